The van der Waals surface area contributed by atoms with Gasteiger partial charge in [0.25, 0.3) is 0 Å². The first-order valence-electron chi connectivity index (χ1n) is 2.77. The third-order valence-corrected chi connectivity index (χ3v) is 0.869. The Labute approximate surface area is 49.2 Å². The van der Waals surface area contributed by atoms with E-state index in [4.69, 9.17) is 10.9 Å². The summed E-state index contributed by atoms with van der Waals surface area (Å²) in [6.07, 6.45) is 4.33. The van der Waals surface area contributed by atoms with Crippen LogP contribution in [0.5, 0.6) is 0 Å². The van der Waals surface area contributed by atoms with E-state index in [-0.39, 0.29) is 0 Å². The molecule has 0 aliphatic heterocycles. The molecular formula is C5H12N2O. The van der Waals surface area contributed by atoms with Crippen LogP contribution in [0.3, 0.4) is 0 Å². The maximum Gasteiger partial charge on any atom is 0.0435 e. The molecule has 8 heavy (non-hydrogen) atoms. The van der Waals surface area contributed by atoms with E-state index in [1.807, 2.05) is 0 Å². The first-order chi connectivity index (χ1) is 3.91. The van der Waals surface area contributed by atoms with Crippen LogP contribution in [-0.4, -0.2) is 18.0 Å². The van der Waals surface area contributed by atoms with Crippen molar-refractivity contribution < 1.29 is 5.21 Å². The van der Waals surface area contributed by atoms with Gasteiger partial charge in [-0.1, -0.05) is 0 Å². The van der Waals surface area contributed by atoms with Crippen LogP contribution < -0.4 is 5.73 Å². The van der Waals surface area contributed by atoms with Crippen molar-refractivity contribution in [3.05, 3.63) is 0 Å². The second-order valence-corrected chi connectivity index (χ2v) is 1.58. The second-order valence-electron chi connectivity index (χ2n) is 1.58. The van der Waals surface area contributed by atoms with Crippen LogP contribution >= 0.6 is 0 Å². The van der Waals surface area contributed by atoms with Gasteiger partial charge in [0.2, 0.25) is 0 Å². The number of nitrogens with two attached hydrogens (primary N) is 1. The van der Waals surface area contributed by atoms with E-state index >= 15 is 0 Å². The molecular weight excluding hydrogens is 104 g/mol. The third-order valence-electron chi connectivity index (χ3n) is 0.869. The van der Waals surface area contributed by atoms with Crippen molar-refractivity contribution in [2.45, 2.75) is 19.3 Å². The quantitative estimate of drug-likeness (QED) is 0.244. The summed E-state index contributed by atoms with van der Waals surface area (Å²) in [6.45, 7) is 0.721. The summed E-state index contributed by atoms with van der Waals surface area (Å²) >= 11 is 0. The minimum atomic E-state index is 0.721. The molecule has 0 heterocycles. The minimum Gasteiger partial charge on any atom is -0.411 e. The highest BCUT2D eigenvalue weighted by Gasteiger charge is 1.80. The summed E-state index contributed by atoms with van der Waals surface area (Å²) in [5.74, 6) is 0. The molecule has 0 aliphatic carbocycles. The molecule has 0 saturated carbocycles. The Morgan fingerprint density at radius 3 is 2.75 bits per heavy atom. The van der Waals surface area contributed by atoms with Gasteiger partial charge in [-0.25, -0.2) is 0 Å². The lowest BCUT2D eigenvalue weighted by Crippen LogP contribution is -1.97. The van der Waals surface area contributed by atoms with E-state index in [2.05, 4.69) is 5.16 Å². The zero-order valence-corrected chi connectivity index (χ0v) is 4.88. The molecule has 3 N–H and O–H groups in total. The molecule has 0 bridgehead atoms. The monoisotopic (exact) mass is 116 g/mol. The predicted molar refractivity (Wildman–Crippen MR) is 33.2 cm³/mol. The van der Waals surface area contributed by atoms with Crippen molar-refractivity contribution >= 4 is 6.21 Å². The minimum absolute atomic E-state index is 0.721. The fraction of sp³-hybridized carbons (Fsp3) is 0.800. The first kappa shape index (κ1) is 7.43. The van der Waals surface area contributed by atoms with E-state index in [0.717, 1.165) is 25.8 Å². The Morgan fingerprint density at radius 2 is 2.25 bits per heavy atom. The Bertz CT molecular complexity index is 63.4. The summed E-state index contributed by atoms with van der Waals surface area (Å²) in [5, 5.41) is 10.7. The van der Waals surface area contributed by atoms with Crippen LogP contribution in [0.2, 0.25) is 0 Å². The lowest BCUT2D eigenvalue weighted by molar-refractivity contribution is 0.320. The molecule has 0 fully saturated rings. The number of nitrogens with zero attached hydrogens (tertiary/aromatic N) is 1. The van der Waals surface area contributed by atoms with Crippen molar-refractivity contribution in [1.29, 1.82) is 0 Å². The zero-order valence-electron chi connectivity index (χ0n) is 4.88. The highest BCUT2D eigenvalue weighted by Crippen LogP contribution is 1.88. The van der Waals surface area contributed by atoms with Crippen molar-refractivity contribution in [2.75, 3.05) is 6.54 Å². The van der Waals surface area contributed by atoms with Crippen molar-refractivity contribution in [3.8, 4) is 0 Å². The van der Waals surface area contributed by atoms with E-state index in [1.165, 1.54) is 6.21 Å². The van der Waals surface area contributed by atoms with Crippen LogP contribution in [0.4, 0.5) is 0 Å². The lowest BCUT2D eigenvalue weighted by atomic mass is 10.2. The normalized spacial score (nSPS) is 10.6. The summed E-state index contributed by atoms with van der Waals surface area (Å²) in [4.78, 5) is 0. The molecule has 0 aromatic heterocycles. The summed E-state index contributed by atoms with van der Waals surface area (Å²) < 4.78 is 0. The van der Waals surface area contributed by atoms with Crippen molar-refractivity contribution in [3.63, 3.8) is 0 Å². The molecule has 48 valence electrons. The number of rotatable bonds is 4. The molecule has 0 rings (SSSR count). The van der Waals surface area contributed by atoms with E-state index < -0.39 is 0 Å². The van der Waals surface area contributed by atoms with Gasteiger partial charge in [0.1, 0.15) is 0 Å². The molecule has 0 saturated heterocycles. The maximum absolute atomic E-state index is 7.90. The van der Waals surface area contributed by atoms with Crippen molar-refractivity contribution in [2.24, 2.45) is 10.9 Å². The summed E-state index contributed by atoms with van der Waals surface area (Å²) in [5.41, 5.74) is 5.20. The molecule has 0 aliphatic rings. The van der Waals surface area contributed by atoms with Crippen LogP contribution in [0.1, 0.15) is 19.3 Å². The summed E-state index contributed by atoms with van der Waals surface area (Å²) in [7, 11) is 0. The van der Waals surface area contributed by atoms with Gasteiger partial charge in [0, 0.05) is 6.21 Å². The number of hydrogen-bond donors (Lipinski definition) is 2. The standard InChI is InChI=1S/C5H12N2O/c6-4-2-1-3-5-7-8/h5,8H,1-4,6H2. The number of unbranched alkanes of at least 4 members (excludes halogenated alkanes) is 2. The largest absolute Gasteiger partial charge is 0.411 e. The lowest BCUT2D eigenvalue weighted by Gasteiger charge is -1.88. The van der Waals surface area contributed by atoms with Gasteiger partial charge in [-0.15, -0.1) is 5.16 Å². The van der Waals surface area contributed by atoms with Gasteiger partial charge >= 0.3 is 0 Å². The average molecular weight is 116 g/mol. The topological polar surface area (TPSA) is 58.6 Å². The average Bonchev–Trinajstić information content (AvgIpc) is 1.81. The van der Waals surface area contributed by atoms with Gasteiger partial charge in [0.15, 0.2) is 0 Å². The number of hydrogen-bond acceptors (Lipinski definition) is 3. The van der Waals surface area contributed by atoms with Crippen LogP contribution in [0.15, 0.2) is 5.16 Å². The molecule has 0 radical (unpaired) electrons. The Kier molecular flexibility index (Phi) is 5.97. The molecule has 0 spiro atoms. The van der Waals surface area contributed by atoms with Gasteiger partial charge in [0.05, 0.1) is 0 Å². The molecule has 0 unspecified atom stereocenters. The number of oxime groups is 1. The fourth-order valence-electron chi connectivity index (χ4n) is 0.438. The van der Waals surface area contributed by atoms with Gasteiger partial charge in [-0.2, -0.15) is 0 Å². The predicted octanol–water partition coefficient (Wildman–Crippen LogP) is 0.575. The Hall–Kier alpha value is -0.570. The van der Waals surface area contributed by atoms with E-state index in [1.54, 1.807) is 0 Å². The first-order valence-corrected chi connectivity index (χ1v) is 2.77. The van der Waals surface area contributed by atoms with Gasteiger partial charge < -0.3 is 10.9 Å². The van der Waals surface area contributed by atoms with Crippen LogP contribution in [-0.2, 0) is 0 Å². The molecule has 3 heteroatoms. The molecule has 0 amide bonds. The highest BCUT2D eigenvalue weighted by molar-refractivity contribution is 5.55. The van der Waals surface area contributed by atoms with E-state index in [9.17, 15) is 0 Å². The second kappa shape index (κ2) is 6.43. The maximum atomic E-state index is 7.90. The Balaban J connectivity index is 2.72. The van der Waals surface area contributed by atoms with Crippen LogP contribution in [0.25, 0.3) is 0 Å². The third kappa shape index (κ3) is 5.43. The van der Waals surface area contributed by atoms with Crippen LogP contribution in [0, 0.1) is 0 Å². The zero-order chi connectivity index (χ0) is 6.24. The highest BCUT2D eigenvalue weighted by atomic mass is 16.4. The van der Waals surface area contributed by atoms with E-state index in [0.29, 0.717) is 0 Å². The fourth-order valence-corrected chi connectivity index (χ4v) is 0.438. The smallest absolute Gasteiger partial charge is 0.0435 e. The SMILES string of the molecule is NCCCCC=NO. The van der Waals surface area contributed by atoms with Gasteiger partial charge in [-0.05, 0) is 25.8 Å². The van der Waals surface area contributed by atoms with Crippen molar-refractivity contribution in [1.82, 2.24) is 0 Å². The van der Waals surface area contributed by atoms with Gasteiger partial charge in [-0.3, -0.25) is 0 Å². The summed E-state index contributed by atoms with van der Waals surface area (Å²) in [6, 6.07) is 0. The molecule has 0 aromatic rings. The molecule has 0 aromatic carbocycles. The molecule has 0 atom stereocenters. The molecule has 3 nitrogen and oxygen atoms in total. The Morgan fingerprint density at radius 1 is 1.50 bits per heavy atom.